The number of pyridine rings is 1. The number of aromatic nitrogens is 2. The van der Waals surface area contributed by atoms with E-state index in [-0.39, 0.29) is 5.91 Å². The van der Waals surface area contributed by atoms with Gasteiger partial charge in [0.1, 0.15) is 6.54 Å². The van der Waals surface area contributed by atoms with Crippen LogP contribution in [-0.4, -0.2) is 34.5 Å². The highest BCUT2D eigenvalue weighted by atomic mass is 16.2. The van der Waals surface area contributed by atoms with Crippen molar-refractivity contribution in [2.45, 2.75) is 13.5 Å². The second-order valence-corrected chi connectivity index (χ2v) is 4.06. The first kappa shape index (κ1) is 10.7. The molecule has 0 aliphatic carbocycles. The molecule has 2 heterocycles. The summed E-state index contributed by atoms with van der Waals surface area (Å²) in [5, 5.41) is 1.11. The molecule has 1 amide bonds. The van der Waals surface area contributed by atoms with Gasteiger partial charge in [-0.25, -0.2) is 0 Å². The molecule has 2 rings (SSSR count). The molecule has 0 N–H and O–H groups in total. The molecule has 0 aliphatic rings. The van der Waals surface area contributed by atoms with Crippen LogP contribution in [0.15, 0.2) is 24.5 Å². The third kappa shape index (κ3) is 1.78. The first-order valence-corrected chi connectivity index (χ1v) is 5.20. The molecule has 4 heteroatoms. The molecule has 0 radical (unpaired) electrons. The van der Waals surface area contributed by atoms with E-state index in [0.29, 0.717) is 6.54 Å². The molecule has 0 saturated carbocycles. The largest absolute Gasteiger partial charge is 0.347 e. The molecule has 0 atom stereocenters. The Morgan fingerprint density at radius 3 is 2.88 bits per heavy atom. The van der Waals surface area contributed by atoms with E-state index in [0.717, 1.165) is 16.6 Å². The predicted octanol–water partition coefficient (Wildman–Crippen LogP) is 1.43. The third-order valence-electron chi connectivity index (χ3n) is 2.70. The SMILES string of the molecule is Cc1nccc2c1ccn2CC(=O)N(C)C. The Balaban J connectivity index is 2.39. The topological polar surface area (TPSA) is 38.1 Å². The smallest absolute Gasteiger partial charge is 0.241 e. The van der Waals surface area contributed by atoms with Gasteiger partial charge in [-0.15, -0.1) is 0 Å². The zero-order chi connectivity index (χ0) is 11.7. The van der Waals surface area contributed by atoms with Crippen molar-refractivity contribution in [3.8, 4) is 0 Å². The Hall–Kier alpha value is -1.84. The maximum absolute atomic E-state index is 11.6. The Morgan fingerprint density at radius 2 is 2.19 bits per heavy atom. The standard InChI is InChI=1S/C12H15N3O/c1-9-10-5-7-15(8-12(16)14(2)3)11(10)4-6-13-9/h4-7H,8H2,1-3H3. The quantitative estimate of drug-likeness (QED) is 0.763. The fourth-order valence-corrected chi connectivity index (χ4v) is 1.69. The number of hydrogen-bond acceptors (Lipinski definition) is 2. The van der Waals surface area contributed by atoms with E-state index in [2.05, 4.69) is 4.98 Å². The van der Waals surface area contributed by atoms with Crippen LogP contribution in [0.5, 0.6) is 0 Å². The predicted molar refractivity (Wildman–Crippen MR) is 63.2 cm³/mol. The van der Waals surface area contributed by atoms with Gasteiger partial charge in [-0.1, -0.05) is 0 Å². The van der Waals surface area contributed by atoms with Gasteiger partial charge in [-0.2, -0.15) is 0 Å². The molecule has 4 nitrogen and oxygen atoms in total. The Morgan fingerprint density at radius 1 is 1.44 bits per heavy atom. The van der Waals surface area contributed by atoms with Crippen molar-refractivity contribution in [1.82, 2.24) is 14.5 Å². The van der Waals surface area contributed by atoms with Gasteiger partial charge < -0.3 is 9.47 Å². The number of fused-ring (bicyclic) bond motifs is 1. The lowest BCUT2D eigenvalue weighted by Crippen LogP contribution is -2.25. The third-order valence-corrected chi connectivity index (χ3v) is 2.70. The van der Waals surface area contributed by atoms with E-state index >= 15 is 0 Å². The van der Waals surface area contributed by atoms with Gasteiger partial charge in [-0.05, 0) is 19.1 Å². The van der Waals surface area contributed by atoms with Crippen LogP contribution in [0, 0.1) is 6.92 Å². The number of carbonyl (C=O) groups excluding carboxylic acids is 1. The number of aryl methyl sites for hydroxylation is 1. The summed E-state index contributed by atoms with van der Waals surface area (Å²) < 4.78 is 1.95. The van der Waals surface area contributed by atoms with Crippen LogP contribution in [0.1, 0.15) is 5.69 Å². The minimum atomic E-state index is 0.0898. The highest BCUT2D eigenvalue weighted by Crippen LogP contribution is 2.17. The highest BCUT2D eigenvalue weighted by Gasteiger charge is 2.08. The van der Waals surface area contributed by atoms with Crippen LogP contribution >= 0.6 is 0 Å². The fourth-order valence-electron chi connectivity index (χ4n) is 1.69. The summed E-state index contributed by atoms with van der Waals surface area (Å²) in [7, 11) is 3.53. The molecule has 0 aromatic carbocycles. The van der Waals surface area contributed by atoms with Gasteiger partial charge in [-0.3, -0.25) is 9.78 Å². The average molecular weight is 217 g/mol. The van der Waals surface area contributed by atoms with Crippen LogP contribution in [0.25, 0.3) is 10.9 Å². The van der Waals surface area contributed by atoms with Crippen LogP contribution in [-0.2, 0) is 11.3 Å². The lowest BCUT2D eigenvalue weighted by atomic mass is 10.2. The zero-order valence-corrected chi connectivity index (χ0v) is 9.77. The monoisotopic (exact) mass is 217 g/mol. The fraction of sp³-hybridized carbons (Fsp3) is 0.333. The number of nitrogens with zero attached hydrogens (tertiary/aromatic N) is 3. The summed E-state index contributed by atoms with van der Waals surface area (Å²) in [5.41, 5.74) is 2.05. The van der Waals surface area contributed by atoms with Crippen LogP contribution in [0.3, 0.4) is 0 Å². The van der Waals surface area contributed by atoms with E-state index in [9.17, 15) is 4.79 Å². The van der Waals surface area contributed by atoms with Gasteiger partial charge in [0.15, 0.2) is 0 Å². The van der Waals surface area contributed by atoms with Gasteiger partial charge in [0.05, 0.1) is 5.52 Å². The maximum Gasteiger partial charge on any atom is 0.241 e. The Kier molecular flexibility index (Phi) is 2.64. The second-order valence-electron chi connectivity index (χ2n) is 4.06. The van der Waals surface area contributed by atoms with Gasteiger partial charge in [0, 0.05) is 37.6 Å². The molecule has 2 aromatic rings. The number of carbonyl (C=O) groups is 1. The van der Waals surface area contributed by atoms with E-state index in [1.54, 1.807) is 25.2 Å². The summed E-state index contributed by atoms with van der Waals surface area (Å²) >= 11 is 0. The molecule has 0 aliphatic heterocycles. The number of likely N-dealkylation sites (N-methyl/N-ethyl adjacent to an activating group) is 1. The van der Waals surface area contributed by atoms with E-state index < -0.39 is 0 Å². The number of amides is 1. The summed E-state index contributed by atoms with van der Waals surface area (Å²) in [6.45, 7) is 2.35. The molecule has 0 fully saturated rings. The summed E-state index contributed by atoms with van der Waals surface area (Å²) in [4.78, 5) is 17.5. The lowest BCUT2D eigenvalue weighted by molar-refractivity contribution is -0.129. The van der Waals surface area contributed by atoms with Crippen molar-refractivity contribution in [2.24, 2.45) is 0 Å². The van der Waals surface area contributed by atoms with E-state index in [1.165, 1.54) is 0 Å². The normalized spacial score (nSPS) is 10.7. The average Bonchev–Trinajstić information content (AvgIpc) is 2.63. The molecule has 0 spiro atoms. The summed E-state index contributed by atoms with van der Waals surface area (Å²) in [5.74, 6) is 0.0898. The van der Waals surface area contributed by atoms with Crippen molar-refractivity contribution < 1.29 is 4.79 Å². The second kappa shape index (κ2) is 3.96. The molecule has 0 bridgehead atoms. The molecule has 0 saturated heterocycles. The summed E-state index contributed by atoms with van der Waals surface area (Å²) in [6.07, 6.45) is 3.70. The zero-order valence-electron chi connectivity index (χ0n) is 9.77. The molecular formula is C12H15N3O. The van der Waals surface area contributed by atoms with Crippen LogP contribution in [0.4, 0.5) is 0 Å². The van der Waals surface area contributed by atoms with Crippen molar-refractivity contribution in [2.75, 3.05) is 14.1 Å². The molecule has 16 heavy (non-hydrogen) atoms. The molecule has 2 aromatic heterocycles. The summed E-state index contributed by atoms with van der Waals surface area (Å²) in [6, 6.07) is 3.94. The van der Waals surface area contributed by atoms with Crippen molar-refractivity contribution in [1.29, 1.82) is 0 Å². The highest BCUT2D eigenvalue weighted by molar-refractivity contribution is 5.84. The maximum atomic E-state index is 11.6. The Labute approximate surface area is 94.5 Å². The van der Waals surface area contributed by atoms with Gasteiger partial charge >= 0.3 is 0 Å². The number of hydrogen-bond donors (Lipinski definition) is 0. The minimum Gasteiger partial charge on any atom is -0.347 e. The molecular weight excluding hydrogens is 202 g/mol. The van der Waals surface area contributed by atoms with E-state index in [4.69, 9.17) is 0 Å². The lowest BCUT2D eigenvalue weighted by Gasteiger charge is -2.11. The molecule has 0 unspecified atom stereocenters. The first-order chi connectivity index (χ1) is 7.59. The minimum absolute atomic E-state index is 0.0898. The first-order valence-electron chi connectivity index (χ1n) is 5.20. The van der Waals surface area contributed by atoms with Crippen LogP contribution < -0.4 is 0 Å². The van der Waals surface area contributed by atoms with Gasteiger partial charge in [0.2, 0.25) is 5.91 Å². The van der Waals surface area contributed by atoms with Crippen molar-refractivity contribution in [3.63, 3.8) is 0 Å². The van der Waals surface area contributed by atoms with Crippen LogP contribution in [0.2, 0.25) is 0 Å². The number of rotatable bonds is 2. The van der Waals surface area contributed by atoms with Crippen molar-refractivity contribution >= 4 is 16.8 Å². The Bertz CT molecular complexity index is 528. The van der Waals surface area contributed by atoms with Gasteiger partial charge in [0.25, 0.3) is 0 Å². The molecule has 84 valence electrons. The van der Waals surface area contributed by atoms with E-state index in [1.807, 2.05) is 29.8 Å². The van der Waals surface area contributed by atoms with Crippen molar-refractivity contribution in [3.05, 3.63) is 30.2 Å².